The summed E-state index contributed by atoms with van der Waals surface area (Å²) in [5.41, 5.74) is 9.22. The summed E-state index contributed by atoms with van der Waals surface area (Å²) in [6, 6.07) is 16.0. The summed E-state index contributed by atoms with van der Waals surface area (Å²) < 4.78 is 11.1. The van der Waals surface area contributed by atoms with Crippen molar-refractivity contribution < 1.29 is 19.1 Å². The number of aromatic amines is 1. The highest BCUT2D eigenvalue weighted by atomic mass is 35.5. The molecule has 0 aliphatic heterocycles. The van der Waals surface area contributed by atoms with Gasteiger partial charge in [0, 0.05) is 29.6 Å². The van der Waals surface area contributed by atoms with E-state index in [-0.39, 0.29) is 37.2 Å². The molecule has 0 aliphatic rings. The first-order valence-corrected chi connectivity index (χ1v) is 14.1. The number of benzene rings is 2. The summed E-state index contributed by atoms with van der Waals surface area (Å²) in [6.45, 7) is 4.84. The molecule has 0 atom stereocenters. The lowest BCUT2D eigenvalue weighted by Gasteiger charge is -2.21. The van der Waals surface area contributed by atoms with Gasteiger partial charge in [-0.05, 0) is 61.9 Å². The number of rotatable bonds is 14. The molecule has 0 saturated heterocycles. The molecule has 0 unspecified atom stereocenters. The standard InChI is InChI=1S/C31H37N7O4.ClH/c1-3-4-5-8-19-41-28(39)16-18-38(27-9-6-7-17-34-27)31(40)42-25-15-14-24-29(21(25)2)37-26(36-24)20-35-23-12-10-22(11-13-23)30(32)33;/h6-7,9-15,17,35H,3-5,8,16,18-20H2,1-2H3,(H3,32,33)(H,36,37);1H. The molecule has 2 aromatic carbocycles. The minimum Gasteiger partial charge on any atom is -0.466 e. The summed E-state index contributed by atoms with van der Waals surface area (Å²) in [5.74, 6) is 1.09. The van der Waals surface area contributed by atoms with Gasteiger partial charge >= 0.3 is 12.1 Å². The van der Waals surface area contributed by atoms with Crippen LogP contribution >= 0.6 is 12.4 Å². The van der Waals surface area contributed by atoms with Crippen molar-refractivity contribution in [3.05, 3.63) is 77.7 Å². The predicted molar refractivity (Wildman–Crippen MR) is 170 cm³/mol. The van der Waals surface area contributed by atoms with Gasteiger partial charge in [0.15, 0.2) is 0 Å². The molecule has 0 fully saturated rings. The van der Waals surface area contributed by atoms with Crippen molar-refractivity contribution >= 4 is 52.8 Å². The third kappa shape index (κ3) is 9.17. The minimum atomic E-state index is -0.654. The van der Waals surface area contributed by atoms with Gasteiger partial charge in [0.2, 0.25) is 0 Å². The van der Waals surface area contributed by atoms with Gasteiger partial charge in [-0.15, -0.1) is 12.4 Å². The second-order valence-electron chi connectivity index (χ2n) is 9.85. The van der Waals surface area contributed by atoms with Gasteiger partial charge in [0.25, 0.3) is 0 Å². The van der Waals surface area contributed by atoms with E-state index >= 15 is 0 Å². The molecule has 0 spiro atoms. The summed E-state index contributed by atoms with van der Waals surface area (Å²) in [6.07, 6.45) is 5.00. The van der Waals surface area contributed by atoms with Crippen LogP contribution in [-0.2, 0) is 16.1 Å². The Labute approximate surface area is 257 Å². The lowest BCUT2D eigenvalue weighted by atomic mass is 10.2. The van der Waals surface area contributed by atoms with Crippen LogP contribution in [-0.4, -0.2) is 46.0 Å². The third-order valence-corrected chi connectivity index (χ3v) is 6.71. The highest BCUT2D eigenvalue weighted by Gasteiger charge is 2.22. The second kappa shape index (κ2) is 16.1. The van der Waals surface area contributed by atoms with Crippen molar-refractivity contribution in [1.82, 2.24) is 15.0 Å². The number of nitrogens with zero attached hydrogens (tertiary/aromatic N) is 3. The smallest absolute Gasteiger partial charge is 0.420 e. The lowest BCUT2D eigenvalue weighted by Crippen LogP contribution is -2.36. The highest BCUT2D eigenvalue weighted by molar-refractivity contribution is 5.95. The number of ether oxygens (including phenoxy) is 2. The molecule has 4 rings (SSSR count). The van der Waals surface area contributed by atoms with E-state index in [1.807, 2.05) is 25.1 Å². The fourth-order valence-corrected chi connectivity index (χ4v) is 4.34. The SMILES string of the molecule is CCCCCCOC(=O)CCN(C(=O)Oc1ccc2[nH]c(CNc3ccc(C(=N)N)cc3)nc2c1C)c1ccccn1.Cl. The number of H-pyrrole nitrogens is 1. The predicted octanol–water partition coefficient (Wildman–Crippen LogP) is 6.10. The fraction of sp³-hybridized carbons (Fsp3) is 0.323. The number of esters is 1. The van der Waals surface area contributed by atoms with Crippen molar-refractivity contribution in [2.75, 3.05) is 23.4 Å². The maximum absolute atomic E-state index is 13.3. The minimum absolute atomic E-state index is 0. The molecule has 0 bridgehead atoms. The second-order valence-corrected chi connectivity index (χ2v) is 9.85. The Morgan fingerprint density at radius 1 is 1.07 bits per heavy atom. The summed E-state index contributed by atoms with van der Waals surface area (Å²) in [5, 5.41) is 10.8. The lowest BCUT2D eigenvalue weighted by molar-refractivity contribution is -0.143. The summed E-state index contributed by atoms with van der Waals surface area (Å²) >= 11 is 0. The monoisotopic (exact) mass is 607 g/mol. The molecule has 43 heavy (non-hydrogen) atoms. The van der Waals surface area contributed by atoms with Crippen LogP contribution in [0, 0.1) is 12.3 Å². The number of fused-ring (bicyclic) bond motifs is 1. The Morgan fingerprint density at radius 3 is 2.56 bits per heavy atom. The Hall–Kier alpha value is -4.64. The number of nitrogens with one attached hydrogen (secondary N) is 3. The fourth-order valence-electron chi connectivity index (χ4n) is 4.34. The van der Waals surface area contributed by atoms with Crippen LogP contribution < -0.4 is 20.7 Å². The van der Waals surface area contributed by atoms with Gasteiger partial charge in [-0.2, -0.15) is 0 Å². The zero-order valence-electron chi connectivity index (χ0n) is 24.4. The molecule has 0 saturated carbocycles. The average molecular weight is 608 g/mol. The number of hydrogen-bond donors (Lipinski definition) is 4. The van der Waals surface area contributed by atoms with Crippen LogP contribution in [0.4, 0.5) is 16.3 Å². The molecule has 2 heterocycles. The van der Waals surface area contributed by atoms with Crippen molar-refractivity contribution in [2.45, 2.75) is 52.5 Å². The maximum atomic E-state index is 13.3. The first kappa shape index (κ1) is 32.9. The van der Waals surface area contributed by atoms with Crippen molar-refractivity contribution in [1.29, 1.82) is 5.41 Å². The van der Waals surface area contributed by atoms with E-state index in [0.717, 1.165) is 36.9 Å². The molecule has 0 aliphatic carbocycles. The van der Waals surface area contributed by atoms with Crippen LogP contribution in [0.2, 0.25) is 0 Å². The Balaban J connectivity index is 0.00000506. The largest absolute Gasteiger partial charge is 0.466 e. The van der Waals surface area contributed by atoms with E-state index in [4.69, 9.17) is 25.6 Å². The zero-order valence-corrected chi connectivity index (χ0v) is 25.2. The number of nitrogen functional groups attached to an aromatic ring is 1. The maximum Gasteiger partial charge on any atom is 0.420 e. The van der Waals surface area contributed by atoms with E-state index in [2.05, 4.69) is 22.2 Å². The molecule has 12 heteroatoms. The summed E-state index contributed by atoms with van der Waals surface area (Å²) in [4.78, 5) is 39.3. The molecule has 11 nitrogen and oxygen atoms in total. The first-order chi connectivity index (χ1) is 20.4. The Kier molecular flexibility index (Phi) is 12.3. The van der Waals surface area contributed by atoms with E-state index in [1.165, 1.54) is 4.90 Å². The number of carbonyl (C=O) groups excluding carboxylic acids is 2. The van der Waals surface area contributed by atoms with E-state index in [9.17, 15) is 9.59 Å². The van der Waals surface area contributed by atoms with Gasteiger partial charge in [-0.25, -0.2) is 14.8 Å². The number of imidazole rings is 1. The molecule has 1 amide bonds. The highest BCUT2D eigenvalue weighted by Crippen LogP contribution is 2.27. The topological polar surface area (TPSA) is 159 Å². The zero-order chi connectivity index (χ0) is 29.9. The van der Waals surface area contributed by atoms with Crippen molar-refractivity contribution in [2.24, 2.45) is 5.73 Å². The molecular formula is C31H38ClN7O4. The Bertz CT molecular complexity index is 1510. The quantitative estimate of drug-likeness (QED) is 0.0578. The molecule has 5 N–H and O–H groups in total. The van der Waals surface area contributed by atoms with E-state index < -0.39 is 6.09 Å². The number of carbonyl (C=O) groups is 2. The number of hydrogen-bond acceptors (Lipinski definition) is 8. The van der Waals surface area contributed by atoms with Gasteiger partial charge in [-0.3, -0.25) is 15.1 Å². The van der Waals surface area contributed by atoms with Crippen LogP contribution in [0.5, 0.6) is 5.75 Å². The van der Waals surface area contributed by atoms with Crippen LogP contribution in [0.25, 0.3) is 11.0 Å². The van der Waals surface area contributed by atoms with Gasteiger partial charge in [-0.1, -0.05) is 32.3 Å². The van der Waals surface area contributed by atoms with Gasteiger partial charge in [0.05, 0.1) is 30.6 Å². The third-order valence-electron chi connectivity index (χ3n) is 6.71. The molecule has 228 valence electrons. The van der Waals surface area contributed by atoms with E-state index in [1.54, 1.807) is 42.6 Å². The number of nitrogens with two attached hydrogens (primary N) is 1. The molecule has 4 aromatic rings. The average Bonchev–Trinajstić information content (AvgIpc) is 3.42. The number of aromatic nitrogens is 3. The number of anilines is 2. The molecule has 0 radical (unpaired) electrons. The van der Waals surface area contributed by atoms with Crippen LogP contribution in [0.1, 0.15) is 56.0 Å². The Morgan fingerprint density at radius 2 is 1.86 bits per heavy atom. The number of aryl methyl sites for hydroxylation is 1. The van der Waals surface area contributed by atoms with Crippen LogP contribution in [0.3, 0.4) is 0 Å². The van der Waals surface area contributed by atoms with Crippen molar-refractivity contribution in [3.8, 4) is 5.75 Å². The van der Waals surface area contributed by atoms with Crippen molar-refractivity contribution in [3.63, 3.8) is 0 Å². The van der Waals surface area contributed by atoms with Crippen LogP contribution in [0.15, 0.2) is 60.8 Å². The number of pyridine rings is 1. The molecule has 2 aromatic heterocycles. The number of unbranched alkanes of at least 4 members (excludes halogenated alkanes) is 3. The number of amidine groups is 1. The van der Waals surface area contributed by atoms with E-state index in [0.29, 0.717) is 47.2 Å². The van der Waals surface area contributed by atoms with Gasteiger partial charge in [0.1, 0.15) is 23.2 Å². The normalized spacial score (nSPS) is 10.6. The number of amides is 1. The summed E-state index contributed by atoms with van der Waals surface area (Å²) in [7, 11) is 0. The molecular weight excluding hydrogens is 570 g/mol. The first-order valence-electron chi connectivity index (χ1n) is 14.1. The van der Waals surface area contributed by atoms with Gasteiger partial charge < -0.3 is 25.5 Å². The number of halogens is 1.